The van der Waals surface area contributed by atoms with E-state index < -0.39 is 57.4 Å². The maximum absolute atomic E-state index is 12.4. The molecule has 0 bridgehead atoms. The summed E-state index contributed by atoms with van der Waals surface area (Å²) in [4.78, 5) is 10.1. The van der Waals surface area contributed by atoms with Crippen LogP contribution in [-0.2, 0) is 10.0 Å². The fourth-order valence-corrected chi connectivity index (χ4v) is 3.66. The van der Waals surface area contributed by atoms with E-state index in [2.05, 4.69) is 20.3 Å². The molecule has 0 unspecified atom stereocenters. The number of nitrogens with zero attached hydrogens (tertiary/aromatic N) is 1. The van der Waals surface area contributed by atoms with Gasteiger partial charge in [0.15, 0.2) is 4.67 Å². The van der Waals surface area contributed by atoms with Crippen LogP contribution >= 0.6 is 15.9 Å². The van der Waals surface area contributed by atoms with E-state index in [-0.39, 0.29) is 0 Å². The van der Waals surface area contributed by atoms with Crippen molar-refractivity contribution in [3.63, 3.8) is 0 Å². The number of carbonyl (C=O) groups is 1. The third kappa shape index (κ3) is 3.75. The summed E-state index contributed by atoms with van der Waals surface area (Å²) in [7, 11) is -4.41. The molecule has 0 saturated carbocycles. The summed E-state index contributed by atoms with van der Waals surface area (Å²) in [5.74, 6) is -2.16. The van der Waals surface area contributed by atoms with Gasteiger partial charge in [0, 0.05) is 12.6 Å². The minimum absolute atomic E-state index is 0.346. The number of aliphatic hydroxyl groups excluding tert-OH is 1. The molecule has 1 heterocycles. The van der Waals surface area contributed by atoms with E-state index in [1.807, 2.05) is 0 Å². The second kappa shape index (κ2) is 6.61. The van der Waals surface area contributed by atoms with Crippen LogP contribution in [0.3, 0.4) is 0 Å². The van der Waals surface area contributed by atoms with Crippen molar-refractivity contribution in [1.29, 1.82) is 0 Å². The van der Waals surface area contributed by atoms with Crippen LogP contribution in [0.5, 0.6) is 0 Å². The highest BCUT2D eigenvalue weighted by Crippen LogP contribution is 2.29. The van der Waals surface area contributed by atoms with Gasteiger partial charge in [-0.3, -0.25) is 0 Å². The van der Waals surface area contributed by atoms with E-state index in [0.717, 1.165) is 0 Å². The highest BCUT2D eigenvalue weighted by Gasteiger charge is 2.32. The zero-order valence-corrected chi connectivity index (χ0v) is 12.2. The lowest BCUT2D eigenvalue weighted by atomic mass is 10.5. The van der Waals surface area contributed by atoms with Crippen LogP contribution in [-0.4, -0.2) is 55.0 Å². The molecule has 114 valence electrons. The van der Waals surface area contributed by atoms with Crippen molar-refractivity contribution in [3.8, 4) is 0 Å². The van der Waals surface area contributed by atoms with Gasteiger partial charge >= 0.3 is 5.97 Å². The molecule has 1 aromatic rings. The maximum Gasteiger partial charge on any atom is 0.371 e. The Balaban J connectivity index is 3.22. The van der Waals surface area contributed by atoms with Gasteiger partial charge in [-0.2, -0.15) is 4.31 Å². The number of carboxylic acid groups (broad SMARTS) is 1. The zero-order valence-electron chi connectivity index (χ0n) is 9.79. The highest BCUT2D eigenvalue weighted by molar-refractivity contribution is 9.10. The molecular weight excluding hydrogens is 368 g/mol. The number of sulfonamides is 1. The Labute approximate surface area is 121 Å². The van der Waals surface area contributed by atoms with Gasteiger partial charge < -0.3 is 14.6 Å². The fourth-order valence-electron chi connectivity index (χ4n) is 1.35. The largest absolute Gasteiger partial charge is 0.475 e. The lowest BCUT2D eigenvalue weighted by molar-refractivity contribution is 0.0661. The molecule has 1 aromatic heterocycles. The zero-order chi connectivity index (χ0) is 15.5. The number of furan rings is 1. The number of halogens is 3. The minimum Gasteiger partial charge on any atom is -0.475 e. The predicted molar refractivity (Wildman–Crippen MR) is 65.2 cm³/mol. The van der Waals surface area contributed by atoms with Crippen LogP contribution in [0.2, 0.25) is 0 Å². The summed E-state index contributed by atoms with van der Waals surface area (Å²) in [6.07, 6.45) is -2.94. The Morgan fingerprint density at radius 3 is 2.50 bits per heavy atom. The molecule has 0 atom stereocenters. The van der Waals surface area contributed by atoms with Crippen molar-refractivity contribution >= 4 is 31.9 Å². The first-order chi connectivity index (χ1) is 9.20. The summed E-state index contributed by atoms with van der Waals surface area (Å²) in [6, 6.07) is 0.706. The second-order valence-electron chi connectivity index (χ2n) is 3.53. The number of aliphatic hydroxyl groups is 1. The standard InChI is InChI=1S/C9H10BrF2NO6S/c10-8-6(3-5(19-8)9(15)16)20(17,18)13(1-2-14)4-7(11)12/h3,7,14H,1-2,4H2,(H,15,16). The number of aromatic carboxylic acids is 1. The van der Waals surface area contributed by atoms with Gasteiger partial charge in [0.25, 0.3) is 6.43 Å². The van der Waals surface area contributed by atoms with Gasteiger partial charge in [-0.15, -0.1) is 0 Å². The third-order valence-corrected chi connectivity index (χ3v) is 4.90. The number of rotatable bonds is 7. The Bertz CT molecular complexity index is 587. The Morgan fingerprint density at radius 1 is 1.50 bits per heavy atom. The molecule has 7 nitrogen and oxygen atoms in total. The first-order valence-corrected chi connectivity index (χ1v) is 7.35. The maximum atomic E-state index is 12.4. The van der Waals surface area contributed by atoms with Crippen LogP contribution in [0.25, 0.3) is 0 Å². The Morgan fingerprint density at radius 2 is 2.10 bits per heavy atom. The molecule has 0 aromatic carbocycles. The summed E-state index contributed by atoms with van der Waals surface area (Å²) in [6.45, 7) is -2.33. The molecule has 0 fully saturated rings. The lowest BCUT2D eigenvalue weighted by Gasteiger charge is -2.19. The molecule has 0 aliphatic carbocycles. The Hall–Kier alpha value is -1.04. The van der Waals surface area contributed by atoms with Crippen LogP contribution in [0.15, 0.2) is 20.0 Å². The van der Waals surface area contributed by atoms with E-state index in [9.17, 15) is 22.0 Å². The number of carboxylic acids is 1. The fraction of sp³-hybridized carbons (Fsp3) is 0.444. The molecule has 0 radical (unpaired) electrons. The number of hydrogen-bond acceptors (Lipinski definition) is 5. The van der Waals surface area contributed by atoms with E-state index in [0.29, 0.717) is 10.4 Å². The molecule has 0 aliphatic heterocycles. The van der Waals surface area contributed by atoms with Gasteiger partial charge in [0.2, 0.25) is 15.8 Å². The van der Waals surface area contributed by atoms with Gasteiger partial charge in [-0.05, 0) is 15.9 Å². The van der Waals surface area contributed by atoms with Gasteiger partial charge in [0.05, 0.1) is 13.2 Å². The summed E-state index contributed by atoms with van der Waals surface area (Å²) < 4.78 is 53.6. The van der Waals surface area contributed by atoms with Crippen molar-refractivity contribution in [3.05, 3.63) is 16.5 Å². The Kier molecular flexibility index (Phi) is 5.62. The topological polar surface area (TPSA) is 108 Å². The first-order valence-electron chi connectivity index (χ1n) is 5.12. The molecule has 0 spiro atoms. The molecule has 0 aliphatic rings. The smallest absolute Gasteiger partial charge is 0.371 e. The molecular formula is C9H10BrF2NO6S. The van der Waals surface area contributed by atoms with E-state index in [4.69, 9.17) is 10.2 Å². The van der Waals surface area contributed by atoms with Crippen molar-refractivity contribution in [2.75, 3.05) is 19.7 Å². The molecule has 11 heteroatoms. The third-order valence-electron chi connectivity index (χ3n) is 2.18. The predicted octanol–water partition coefficient (Wildman–Crippen LogP) is 0.988. The molecule has 0 saturated heterocycles. The van der Waals surface area contributed by atoms with Crippen LogP contribution in [0.4, 0.5) is 8.78 Å². The van der Waals surface area contributed by atoms with Crippen molar-refractivity contribution in [2.24, 2.45) is 0 Å². The highest BCUT2D eigenvalue weighted by atomic mass is 79.9. The van der Waals surface area contributed by atoms with Crippen molar-refractivity contribution in [1.82, 2.24) is 4.31 Å². The lowest BCUT2D eigenvalue weighted by Crippen LogP contribution is -2.37. The number of alkyl halides is 2. The SMILES string of the molecule is O=C(O)c1cc(S(=O)(=O)N(CCO)CC(F)F)c(Br)o1. The summed E-state index contributed by atoms with van der Waals surface area (Å²) >= 11 is 2.72. The minimum atomic E-state index is -4.41. The van der Waals surface area contributed by atoms with Gasteiger partial charge in [0.1, 0.15) is 4.90 Å². The van der Waals surface area contributed by atoms with Gasteiger partial charge in [-0.25, -0.2) is 22.0 Å². The normalized spacial score (nSPS) is 12.3. The second-order valence-corrected chi connectivity index (χ2v) is 6.16. The summed E-state index contributed by atoms with van der Waals surface area (Å²) in [5.41, 5.74) is 0. The average molecular weight is 378 g/mol. The van der Waals surface area contributed by atoms with Crippen molar-refractivity contribution in [2.45, 2.75) is 11.3 Å². The quantitative estimate of drug-likeness (QED) is 0.733. The van der Waals surface area contributed by atoms with E-state index in [1.165, 1.54) is 0 Å². The van der Waals surface area contributed by atoms with Gasteiger partial charge in [-0.1, -0.05) is 0 Å². The molecule has 20 heavy (non-hydrogen) atoms. The average Bonchev–Trinajstić information content (AvgIpc) is 2.71. The summed E-state index contributed by atoms with van der Waals surface area (Å²) in [5, 5.41) is 17.4. The van der Waals surface area contributed by atoms with Crippen LogP contribution in [0.1, 0.15) is 10.6 Å². The van der Waals surface area contributed by atoms with Crippen LogP contribution < -0.4 is 0 Å². The molecule has 2 N–H and O–H groups in total. The number of hydrogen-bond donors (Lipinski definition) is 2. The molecule has 0 amide bonds. The monoisotopic (exact) mass is 377 g/mol. The van der Waals surface area contributed by atoms with E-state index in [1.54, 1.807) is 0 Å². The van der Waals surface area contributed by atoms with Crippen LogP contribution in [0, 0.1) is 0 Å². The van der Waals surface area contributed by atoms with E-state index >= 15 is 0 Å². The van der Waals surface area contributed by atoms with Crippen molar-refractivity contribution < 1.29 is 36.6 Å². The molecule has 1 rings (SSSR count). The first kappa shape index (κ1) is 17.0.